The van der Waals surface area contributed by atoms with E-state index in [1.165, 1.54) is 25.7 Å². The van der Waals surface area contributed by atoms with Crippen LogP contribution in [0.5, 0.6) is 0 Å². The molecule has 0 bridgehead atoms. The Morgan fingerprint density at radius 2 is 2.10 bits per heavy atom. The van der Waals surface area contributed by atoms with Crippen molar-refractivity contribution in [2.75, 3.05) is 0 Å². The maximum absolute atomic E-state index is 3.94. The van der Waals surface area contributed by atoms with Crippen molar-refractivity contribution < 1.29 is 0 Å². The Morgan fingerprint density at radius 1 is 1.30 bits per heavy atom. The zero-order chi connectivity index (χ0) is 6.81. The second kappa shape index (κ2) is 2.40. The Morgan fingerprint density at radius 3 is 2.70 bits per heavy atom. The molecule has 1 saturated carbocycles. The average Bonchev–Trinajstić information content (AvgIpc) is 2.59. The van der Waals surface area contributed by atoms with Crippen LogP contribution in [0.4, 0.5) is 0 Å². The minimum Gasteiger partial charge on any atom is -0.137 e. The fourth-order valence-corrected chi connectivity index (χ4v) is 1.60. The van der Waals surface area contributed by atoms with Gasteiger partial charge in [0.25, 0.3) is 0 Å². The normalized spacial score (nSPS) is 25.0. The van der Waals surface area contributed by atoms with Gasteiger partial charge >= 0.3 is 0 Å². The Labute approximate surface area is 60.2 Å². The zero-order valence-corrected chi connectivity index (χ0v) is 5.82. The van der Waals surface area contributed by atoms with Gasteiger partial charge in [-0.05, 0) is 18.1 Å². The van der Waals surface area contributed by atoms with Crippen LogP contribution in [0.25, 0.3) is 0 Å². The van der Waals surface area contributed by atoms with Crippen LogP contribution in [0, 0.1) is 5.92 Å². The van der Waals surface area contributed by atoms with Crippen LogP contribution in [0.2, 0.25) is 0 Å². The molecule has 1 heterocycles. The van der Waals surface area contributed by atoms with Crippen LogP contribution >= 0.6 is 0 Å². The molecule has 0 aromatic heterocycles. The standard InChI is InChI=1S/C7H10N3/c1-2-4-6(3-1)7-5-8-10-9-7/h5-6H,1-4H2. The van der Waals surface area contributed by atoms with E-state index in [2.05, 4.69) is 15.8 Å². The second-order valence-corrected chi connectivity index (χ2v) is 2.84. The Bertz CT molecular complexity index is 177. The molecule has 1 fully saturated rings. The van der Waals surface area contributed by atoms with Gasteiger partial charge in [-0.2, -0.15) is 0 Å². The molecule has 10 heavy (non-hydrogen) atoms. The number of nitrogens with zero attached hydrogens (tertiary/aromatic N) is 3. The fraction of sp³-hybridized carbons (Fsp3) is 0.714. The summed E-state index contributed by atoms with van der Waals surface area (Å²) >= 11 is 0. The van der Waals surface area contributed by atoms with Gasteiger partial charge in [-0.25, -0.2) is 0 Å². The van der Waals surface area contributed by atoms with Crippen molar-refractivity contribution in [3.05, 3.63) is 11.9 Å². The highest BCUT2D eigenvalue weighted by Gasteiger charge is 2.20. The first-order valence-corrected chi connectivity index (χ1v) is 3.78. The molecule has 0 aromatic rings. The summed E-state index contributed by atoms with van der Waals surface area (Å²) in [6.45, 7) is 0. The van der Waals surface area contributed by atoms with E-state index in [4.69, 9.17) is 0 Å². The van der Waals surface area contributed by atoms with Crippen molar-refractivity contribution in [1.29, 1.82) is 0 Å². The summed E-state index contributed by atoms with van der Waals surface area (Å²) < 4.78 is 0. The molecule has 3 nitrogen and oxygen atoms in total. The minimum atomic E-state index is 0.662. The number of hydrogen-bond donors (Lipinski definition) is 0. The predicted octanol–water partition coefficient (Wildman–Crippen LogP) is 2.00. The summed E-state index contributed by atoms with van der Waals surface area (Å²) in [6.07, 6.45) is 7.03. The van der Waals surface area contributed by atoms with Gasteiger partial charge in [0.15, 0.2) is 0 Å². The van der Waals surface area contributed by atoms with E-state index in [1.54, 1.807) is 6.20 Å². The monoisotopic (exact) mass is 136 g/mol. The Hall–Kier alpha value is -0.860. The van der Waals surface area contributed by atoms with E-state index in [0.29, 0.717) is 5.92 Å². The van der Waals surface area contributed by atoms with E-state index in [-0.39, 0.29) is 0 Å². The highest BCUT2D eigenvalue weighted by molar-refractivity contribution is 5.06. The predicted molar refractivity (Wildman–Crippen MR) is 37.0 cm³/mol. The average molecular weight is 136 g/mol. The molecule has 0 saturated heterocycles. The lowest BCUT2D eigenvalue weighted by Gasteiger charge is -2.02. The smallest absolute Gasteiger partial charge is 0.0881 e. The third kappa shape index (κ3) is 0.916. The maximum atomic E-state index is 3.94. The lowest BCUT2D eigenvalue weighted by atomic mass is 10.1. The topological polar surface area (TPSA) is 38.8 Å². The highest BCUT2D eigenvalue weighted by Crippen LogP contribution is 2.32. The summed E-state index contributed by atoms with van der Waals surface area (Å²) in [4.78, 5) is 0. The Kier molecular flexibility index (Phi) is 1.42. The molecule has 2 aliphatic rings. The van der Waals surface area contributed by atoms with Crippen molar-refractivity contribution >= 4 is 0 Å². The molecule has 1 aliphatic carbocycles. The fourth-order valence-electron chi connectivity index (χ4n) is 1.60. The molecule has 1 aliphatic heterocycles. The molecule has 2 rings (SSSR count). The van der Waals surface area contributed by atoms with Gasteiger partial charge in [-0.3, -0.25) is 0 Å². The molecule has 0 amide bonds. The molecular formula is C7H10N3. The van der Waals surface area contributed by atoms with Gasteiger partial charge in [0.2, 0.25) is 0 Å². The van der Waals surface area contributed by atoms with Gasteiger partial charge < -0.3 is 0 Å². The molecule has 0 atom stereocenters. The first kappa shape index (κ1) is 5.89. The van der Waals surface area contributed by atoms with Crippen molar-refractivity contribution in [3.8, 4) is 0 Å². The Balaban J connectivity index is 2.03. The summed E-state index contributed by atoms with van der Waals surface area (Å²) in [7, 11) is 0. The van der Waals surface area contributed by atoms with Gasteiger partial charge in [0, 0.05) is 5.92 Å². The van der Waals surface area contributed by atoms with Crippen LogP contribution in [0.15, 0.2) is 22.2 Å². The highest BCUT2D eigenvalue weighted by atomic mass is 15.4. The third-order valence-electron chi connectivity index (χ3n) is 2.18. The lowest BCUT2D eigenvalue weighted by molar-refractivity contribution is 0.633. The molecule has 0 unspecified atom stereocenters. The maximum Gasteiger partial charge on any atom is 0.0881 e. The quantitative estimate of drug-likeness (QED) is 0.529. The largest absolute Gasteiger partial charge is 0.137 e. The molecule has 0 N–H and O–H groups in total. The van der Waals surface area contributed by atoms with Crippen LogP contribution in [-0.2, 0) is 0 Å². The van der Waals surface area contributed by atoms with E-state index in [0.717, 1.165) is 5.70 Å². The number of hydrogen-bond acceptors (Lipinski definition) is 2. The molecule has 53 valence electrons. The van der Waals surface area contributed by atoms with Crippen LogP contribution < -0.4 is 5.43 Å². The first-order valence-electron chi connectivity index (χ1n) is 3.78. The van der Waals surface area contributed by atoms with Gasteiger partial charge in [-0.15, -0.1) is 10.5 Å². The van der Waals surface area contributed by atoms with E-state index in [9.17, 15) is 0 Å². The molecule has 1 radical (unpaired) electrons. The third-order valence-corrected chi connectivity index (χ3v) is 2.18. The van der Waals surface area contributed by atoms with E-state index < -0.39 is 0 Å². The zero-order valence-electron chi connectivity index (χ0n) is 5.82. The van der Waals surface area contributed by atoms with Crippen LogP contribution in [0.1, 0.15) is 25.7 Å². The minimum absolute atomic E-state index is 0.662. The van der Waals surface area contributed by atoms with E-state index in [1.807, 2.05) is 0 Å². The second-order valence-electron chi connectivity index (χ2n) is 2.84. The summed E-state index contributed by atoms with van der Waals surface area (Å²) in [6, 6.07) is 0. The summed E-state index contributed by atoms with van der Waals surface area (Å²) in [5.41, 5.74) is 4.80. The number of allylic oxidation sites excluding steroid dienone is 1. The lowest BCUT2D eigenvalue weighted by Crippen LogP contribution is -1.93. The van der Waals surface area contributed by atoms with Crippen LogP contribution in [0.3, 0.4) is 0 Å². The van der Waals surface area contributed by atoms with Gasteiger partial charge in [0.05, 0.1) is 11.9 Å². The number of rotatable bonds is 1. The molecular weight excluding hydrogens is 126 g/mol. The first-order chi connectivity index (χ1) is 4.97. The molecule has 3 heteroatoms. The molecule has 0 aromatic carbocycles. The van der Waals surface area contributed by atoms with Crippen molar-refractivity contribution in [2.45, 2.75) is 25.7 Å². The van der Waals surface area contributed by atoms with E-state index >= 15 is 0 Å². The summed E-state index contributed by atoms with van der Waals surface area (Å²) in [5, 5.41) is 7.50. The van der Waals surface area contributed by atoms with Gasteiger partial charge in [-0.1, -0.05) is 12.8 Å². The van der Waals surface area contributed by atoms with Crippen LogP contribution in [-0.4, -0.2) is 0 Å². The summed E-state index contributed by atoms with van der Waals surface area (Å²) in [5.74, 6) is 0.662. The van der Waals surface area contributed by atoms with Crippen molar-refractivity contribution in [3.63, 3.8) is 0 Å². The van der Waals surface area contributed by atoms with Gasteiger partial charge in [0.1, 0.15) is 0 Å². The SMILES string of the molecule is C1=C(C2CCCC2)N=N[N]1. The molecule has 0 spiro atoms. The van der Waals surface area contributed by atoms with Crippen molar-refractivity contribution in [1.82, 2.24) is 5.43 Å². The van der Waals surface area contributed by atoms with Crippen molar-refractivity contribution in [2.24, 2.45) is 16.3 Å².